The Morgan fingerprint density at radius 3 is 2.11 bits per heavy atom. The summed E-state index contributed by atoms with van der Waals surface area (Å²) >= 11 is 0. The Kier molecular flexibility index (Phi) is 5.57. The lowest BCUT2D eigenvalue weighted by Gasteiger charge is -2.37. The molecule has 0 aromatic carbocycles. The van der Waals surface area contributed by atoms with Crippen LogP contribution >= 0.6 is 7.82 Å². The van der Waals surface area contributed by atoms with Gasteiger partial charge in [-0.15, -0.1) is 0 Å². The molecule has 0 saturated heterocycles. The minimum Gasteiger partial charge on any atom is -0.290 e. The first-order chi connectivity index (χ1) is 8.78. The third kappa shape index (κ3) is 3.79. The Bertz CT molecular complexity index is 404. The van der Waals surface area contributed by atoms with Crippen LogP contribution in [-0.4, -0.2) is 19.8 Å². The Morgan fingerprint density at radius 1 is 1.21 bits per heavy atom. The van der Waals surface area contributed by atoms with Crippen molar-refractivity contribution in [3.05, 3.63) is 23.8 Å². The first-order valence-electron chi connectivity index (χ1n) is 6.60. The maximum absolute atomic E-state index is 12.2. The molecule has 0 N–H and O–H groups in total. The van der Waals surface area contributed by atoms with Crippen LogP contribution < -0.4 is 0 Å². The molecule has 19 heavy (non-hydrogen) atoms. The maximum Gasteiger partial charge on any atom is 0.475 e. The van der Waals surface area contributed by atoms with Gasteiger partial charge in [-0.25, -0.2) is 4.57 Å². The van der Waals surface area contributed by atoms with Gasteiger partial charge in [0.25, 0.3) is 0 Å². The van der Waals surface area contributed by atoms with Gasteiger partial charge in [-0.05, 0) is 23.8 Å². The molecule has 0 radical (unpaired) electrons. The van der Waals surface area contributed by atoms with Crippen LogP contribution in [0.3, 0.4) is 0 Å². The minimum atomic E-state index is -3.49. The van der Waals surface area contributed by atoms with E-state index in [9.17, 15) is 4.57 Å². The lowest BCUT2D eigenvalue weighted by Crippen LogP contribution is -2.36. The fourth-order valence-electron chi connectivity index (χ4n) is 2.04. The molecule has 0 aromatic heterocycles. The molecule has 1 aliphatic rings. The molecular formula is C14H25O4P. The van der Waals surface area contributed by atoms with E-state index in [0.717, 1.165) is 0 Å². The second kappa shape index (κ2) is 6.36. The van der Waals surface area contributed by atoms with E-state index < -0.39 is 13.4 Å². The van der Waals surface area contributed by atoms with E-state index in [1.54, 1.807) is 0 Å². The molecular weight excluding hydrogens is 263 g/mol. The number of phosphoric ester groups is 1. The quantitative estimate of drug-likeness (QED) is 0.682. The highest BCUT2D eigenvalue weighted by atomic mass is 31.2. The number of allylic oxidation sites excluding steroid dienone is 2. The lowest BCUT2D eigenvalue weighted by molar-refractivity contribution is 0.0240. The van der Waals surface area contributed by atoms with Crippen molar-refractivity contribution < 1.29 is 18.1 Å². The smallest absolute Gasteiger partial charge is 0.290 e. The summed E-state index contributed by atoms with van der Waals surface area (Å²) in [5.41, 5.74) is 0.629. The second-order valence-corrected chi connectivity index (χ2v) is 7.22. The van der Waals surface area contributed by atoms with Crippen molar-refractivity contribution in [1.82, 2.24) is 0 Å². The second-order valence-electron chi connectivity index (χ2n) is 5.41. The SMILES string of the molecule is COP(=O)(OC)OC1(C(C)C)C=CC(C(C)C)=CC1. The van der Waals surface area contributed by atoms with Gasteiger partial charge in [0, 0.05) is 14.2 Å². The molecule has 0 spiro atoms. The Labute approximate surface area is 116 Å². The predicted molar refractivity (Wildman–Crippen MR) is 77.0 cm³/mol. The lowest BCUT2D eigenvalue weighted by atomic mass is 9.81. The average molecular weight is 288 g/mol. The molecule has 0 amide bonds. The topological polar surface area (TPSA) is 44.8 Å². The molecule has 4 nitrogen and oxygen atoms in total. The highest BCUT2D eigenvalue weighted by molar-refractivity contribution is 7.48. The van der Waals surface area contributed by atoms with Gasteiger partial charge in [-0.2, -0.15) is 0 Å². The van der Waals surface area contributed by atoms with Crippen molar-refractivity contribution in [1.29, 1.82) is 0 Å². The molecule has 1 aliphatic carbocycles. The summed E-state index contributed by atoms with van der Waals surface area (Å²) in [4.78, 5) is 0. The third-order valence-corrected chi connectivity index (χ3v) is 5.05. The molecule has 0 aromatic rings. The fourth-order valence-corrected chi connectivity index (χ4v) is 3.10. The summed E-state index contributed by atoms with van der Waals surface area (Å²) in [6.45, 7) is 8.37. The maximum atomic E-state index is 12.2. The van der Waals surface area contributed by atoms with Gasteiger partial charge in [0.05, 0.1) is 0 Å². The zero-order chi connectivity index (χ0) is 14.7. The molecule has 0 heterocycles. The molecule has 0 saturated carbocycles. The van der Waals surface area contributed by atoms with E-state index in [0.29, 0.717) is 12.3 Å². The Morgan fingerprint density at radius 2 is 1.79 bits per heavy atom. The zero-order valence-electron chi connectivity index (χ0n) is 12.7. The summed E-state index contributed by atoms with van der Waals surface area (Å²) in [6, 6.07) is 0. The first kappa shape index (κ1) is 16.6. The van der Waals surface area contributed by atoms with Gasteiger partial charge in [0.15, 0.2) is 0 Å². The van der Waals surface area contributed by atoms with E-state index in [1.807, 2.05) is 26.0 Å². The van der Waals surface area contributed by atoms with E-state index in [1.165, 1.54) is 19.8 Å². The molecule has 0 aliphatic heterocycles. The standard InChI is InChI=1S/C14H25O4P/c1-11(2)13-7-9-14(10-8-13,12(3)4)18-19(15,16-5)17-6/h7-9,11-12H,10H2,1-6H3. The van der Waals surface area contributed by atoms with Gasteiger partial charge < -0.3 is 0 Å². The van der Waals surface area contributed by atoms with Crippen LogP contribution in [0.15, 0.2) is 23.8 Å². The number of phosphoric acid groups is 1. The largest absolute Gasteiger partial charge is 0.475 e. The van der Waals surface area contributed by atoms with Crippen LogP contribution in [0.25, 0.3) is 0 Å². The minimum absolute atomic E-state index is 0.160. The third-order valence-electron chi connectivity index (χ3n) is 3.59. The van der Waals surface area contributed by atoms with E-state index >= 15 is 0 Å². The van der Waals surface area contributed by atoms with Crippen LogP contribution in [0.2, 0.25) is 0 Å². The van der Waals surface area contributed by atoms with Gasteiger partial charge in [-0.1, -0.05) is 45.9 Å². The zero-order valence-corrected chi connectivity index (χ0v) is 13.6. The normalized spacial score (nSPS) is 24.1. The van der Waals surface area contributed by atoms with Gasteiger partial charge in [0.1, 0.15) is 5.60 Å². The van der Waals surface area contributed by atoms with E-state index in [-0.39, 0.29) is 5.92 Å². The molecule has 1 atom stereocenters. The summed E-state index contributed by atoms with van der Waals surface area (Å²) < 4.78 is 27.7. The molecule has 5 heteroatoms. The summed E-state index contributed by atoms with van der Waals surface area (Å²) in [5.74, 6) is 0.630. The predicted octanol–water partition coefficient (Wildman–Crippen LogP) is 4.34. The fraction of sp³-hybridized carbons (Fsp3) is 0.714. The van der Waals surface area contributed by atoms with E-state index in [4.69, 9.17) is 13.6 Å². The van der Waals surface area contributed by atoms with E-state index in [2.05, 4.69) is 19.9 Å². The summed E-state index contributed by atoms with van der Waals surface area (Å²) in [5, 5.41) is 0. The Hall–Kier alpha value is -0.410. The monoisotopic (exact) mass is 288 g/mol. The van der Waals surface area contributed by atoms with Crippen LogP contribution in [0.4, 0.5) is 0 Å². The average Bonchev–Trinajstić information content (AvgIpc) is 2.39. The highest BCUT2D eigenvalue weighted by Crippen LogP contribution is 2.54. The molecule has 1 unspecified atom stereocenters. The van der Waals surface area contributed by atoms with Crippen LogP contribution in [0.5, 0.6) is 0 Å². The highest BCUT2D eigenvalue weighted by Gasteiger charge is 2.41. The van der Waals surface area contributed by atoms with Crippen molar-refractivity contribution in [3.63, 3.8) is 0 Å². The van der Waals surface area contributed by atoms with Crippen molar-refractivity contribution in [3.8, 4) is 0 Å². The first-order valence-corrected chi connectivity index (χ1v) is 8.06. The van der Waals surface area contributed by atoms with Crippen molar-refractivity contribution in [2.24, 2.45) is 11.8 Å². The summed E-state index contributed by atoms with van der Waals surface area (Å²) in [6.07, 6.45) is 6.84. The van der Waals surface area contributed by atoms with Crippen molar-refractivity contribution in [2.75, 3.05) is 14.2 Å². The Balaban J connectivity index is 2.98. The van der Waals surface area contributed by atoms with Gasteiger partial charge >= 0.3 is 7.82 Å². The molecule has 1 rings (SSSR count). The van der Waals surface area contributed by atoms with Crippen LogP contribution in [-0.2, 0) is 18.1 Å². The number of hydrogen-bond donors (Lipinski definition) is 0. The van der Waals surface area contributed by atoms with Crippen molar-refractivity contribution >= 4 is 7.82 Å². The van der Waals surface area contributed by atoms with Crippen LogP contribution in [0.1, 0.15) is 34.1 Å². The van der Waals surface area contributed by atoms with Crippen LogP contribution in [0, 0.1) is 11.8 Å². The van der Waals surface area contributed by atoms with Gasteiger partial charge in [-0.3, -0.25) is 13.6 Å². The summed E-state index contributed by atoms with van der Waals surface area (Å²) in [7, 11) is -0.826. The molecule has 0 bridgehead atoms. The van der Waals surface area contributed by atoms with Crippen molar-refractivity contribution in [2.45, 2.75) is 39.7 Å². The van der Waals surface area contributed by atoms with Gasteiger partial charge in [0.2, 0.25) is 0 Å². The number of hydrogen-bond acceptors (Lipinski definition) is 4. The molecule has 110 valence electrons. The number of rotatable bonds is 6. The molecule has 0 fully saturated rings.